The van der Waals surface area contributed by atoms with Crippen molar-refractivity contribution >= 4 is 32.5 Å². The number of H-pyrrole nitrogens is 1. The van der Waals surface area contributed by atoms with Crippen LogP contribution in [0.2, 0.25) is 0 Å². The molecule has 2 N–H and O–H groups in total. The normalized spacial score (nSPS) is 17.7. The molecule has 4 rings (SSSR count). The first-order valence-corrected chi connectivity index (χ1v) is 8.22. The molecule has 21 heavy (non-hydrogen) atoms. The van der Waals surface area contributed by atoms with Gasteiger partial charge in [0, 0.05) is 26.8 Å². The molecule has 2 nitrogen and oxygen atoms in total. The van der Waals surface area contributed by atoms with E-state index in [4.69, 9.17) is 0 Å². The first-order chi connectivity index (χ1) is 10.3. The predicted molar refractivity (Wildman–Crippen MR) is 91.7 cm³/mol. The molecule has 0 aliphatic heterocycles. The van der Waals surface area contributed by atoms with Gasteiger partial charge in [-0.05, 0) is 55.2 Å². The van der Waals surface area contributed by atoms with Gasteiger partial charge in [-0.15, -0.1) is 0 Å². The van der Waals surface area contributed by atoms with Crippen LogP contribution in [0.15, 0.2) is 53.0 Å². The summed E-state index contributed by atoms with van der Waals surface area (Å²) in [5.41, 5.74) is 5.27. The van der Waals surface area contributed by atoms with Gasteiger partial charge in [0.2, 0.25) is 0 Å². The summed E-state index contributed by atoms with van der Waals surface area (Å²) in [6.45, 7) is 0. The number of hydrogen-bond acceptors (Lipinski definition) is 1. The van der Waals surface area contributed by atoms with Crippen LogP contribution in [-0.4, -0.2) is 4.98 Å². The number of fused-ring (bicyclic) bond motifs is 3. The number of halogens is 1. The summed E-state index contributed by atoms with van der Waals surface area (Å²) < 4.78 is 1.15. The largest absolute Gasteiger partial charge is 0.377 e. The standard InChI is InChI=1S/C18H17BrN2/c19-12-9-10-16-15(11-12)14-7-4-8-17(18(14)21-16)20-13-5-2-1-3-6-13/h1-3,5-6,9-11,17,20-21H,4,7-8H2/t17-/m1/s1. The smallest absolute Gasteiger partial charge is 0.0666 e. The van der Waals surface area contributed by atoms with Crippen molar-refractivity contribution in [2.24, 2.45) is 0 Å². The third-order valence-corrected chi connectivity index (χ3v) is 4.78. The van der Waals surface area contributed by atoms with Crippen LogP contribution in [0.1, 0.15) is 30.1 Å². The van der Waals surface area contributed by atoms with Crippen LogP contribution in [0.4, 0.5) is 5.69 Å². The lowest BCUT2D eigenvalue weighted by atomic mass is 9.91. The van der Waals surface area contributed by atoms with Crippen molar-refractivity contribution in [3.05, 3.63) is 64.3 Å². The van der Waals surface area contributed by atoms with Gasteiger partial charge in [0.05, 0.1) is 6.04 Å². The maximum Gasteiger partial charge on any atom is 0.0666 e. The minimum Gasteiger partial charge on any atom is -0.377 e. The van der Waals surface area contributed by atoms with Crippen molar-refractivity contribution in [1.29, 1.82) is 0 Å². The molecule has 0 bridgehead atoms. The molecule has 0 unspecified atom stereocenters. The van der Waals surface area contributed by atoms with Gasteiger partial charge in [-0.1, -0.05) is 34.1 Å². The number of anilines is 1. The van der Waals surface area contributed by atoms with Crippen LogP contribution < -0.4 is 5.32 Å². The Kier molecular flexibility index (Phi) is 3.23. The van der Waals surface area contributed by atoms with E-state index in [1.807, 2.05) is 0 Å². The van der Waals surface area contributed by atoms with E-state index in [-0.39, 0.29) is 0 Å². The van der Waals surface area contributed by atoms with E-state index in [0.29, 0.717) is 6.04 Å². The van der Waals surface area contributed by atoms with E-state index < -0.39 is 0 Å². The number of nitrogens with one attached hydrogen (secondary N) is 2. The molecule has 3 aromatic rings. The van der Waals surface area contributed by atoms with Crippen molar-refractivity contribution in [3.63, 3.8) is 0 Å². The van der Waals surface area contributed by atoms with E-state index in [1.54, 1.807) is 0 Å². The summed E-state index contributed by atoms with van der Waals surface area (Å²) >= 11 is 3.58. The van der Waals surface area contributed by atoms with E-state index in [0.717, 1.165) is 4.47 Å². The minimum atomic E-state index is 0.377. The Bertz CT molecular complexity index is 777. The maximum absolute atomic E-state index is 3.67. The lowest BCUT2D eigenvalue weighted by Gasteiger charge is -2.24. The summed E-state index contributed by atoms with van der Waals surface area (Å²) in [6.07, 6.45) is 3.58. The van der Waals surface area contributed by atoms with Gasteiger partial charge < -0.3 is 10.3 Å². The van der Waals surface area contributed by atoms with Crippen LogP contribution in [0, 0.1) is 0 Å². The zero-order chi connectivity index (χ0) is 14.2. The first-order valence-electron chi connectivity index (χ1n) is 7.43. The molecule has 2 aromatic carbocycles. The van der Waals surface area contributed by atoms with Gasteiger partial charge in [-0.2, -0.15) is 0 Å². The summed E-state index contributed by atoms with van der Waals surface area (Å²) in [5.74, 6) is 0. The molecule has 0 saturated heterocycles. The minimum absolute atomic E-state index is 0.377. The van der Waals surface area contributed by atoms with Crippen molar-refractivity contribution in [1.82, 2.24) is 4.98 Å². The summed E-state index contributed by atoms with van der Waals surface area (Å²) in [5, 5.41) is 5.03. The van der Waals surface area contributed by atoms with Gasteiger partial charge in [0.15, 0.2) is 0 Å². The Balaban J connectivity index is 1.76. The molecule has 1 aromatic heterocycles. The van der Waals surface area contributed by atoms with E-state index in [9.17, 15) is 0 Å². The van der Waals surface area contributed by atoms with E-state index in [2.05, 4.69) is 74.8 Å². The molecule has 0 amide bonds. The second-order valence-corrected chi connectivity index (χ2v) is 6.58. The molecule has 3 heteroatoms. The number of benzene rings is 2. The molecule has 0 saturated carbocycles. The Morgan fingerprint density at radius 3 is 2.81 bits per heavy atom. The van der Waals surface area contributed by atoms with Crippen molar-refractivity contribution in [2.75, 3.05) is 5.32 Å². The quantitative estimate of drug-likeness (QED) is 0.640. The highest BCUT2D eigenvalue weighted by Gasteiger charge is 2.24. The van der Waals surface area contributed by atoms with Crippen LogP contribution in [0.25, 0.3) is 10.9 Å². The van der Waals surface area contributed by atoms with E-state index >= 15 is 0 Å². The Hall–Kier alpha value is -1.74. The molecular formula is C18H17BrN2. The number of hydrogen-bond donors (Lipinski definition) is 2. The van der Waals surface area contributed by atoms with E-state index in [1.165, 1.54) is 47.1 Å². The number of aryl methyl sites for hydroxylation is 1. The monoisotopic (exact) mass is 340 g/mol. The number of aromatic amines is 1. The highest BCUT2D eigenvalue weighted by molar-refractivity contribution is 9.10. The Morgan fingerprint density at radius 1 is 1.10 bits per heavy atom. The molecule has 1 aliphatic rings. The summed E-state index contributed by atoms with van der Waals surface area (Å²) in [7, 11) is 0. The summed E-state index contributed by atoms with van der Waals surface area (Å²) in [4.78, 5) is 3.63. The predicted octanol–water partition coefficient (Wildman–Crippen LogP) is 5.42. The van der Waals surface area contributed by atoms with Crippen LogP contribution in [0.5, 0.6) is 0 Å². The molecule has 0 radical (unpaired) electrons. The fourth-order valence-electron chi connectivity index (χ4n) is 3.31. The van der Waals surface area contributed by atoms with Crippen molar-refractivity contribution < 1.29 is 0 Å². The average molecular weight is 341 g/mol. The Labute approximate surface area is 132 Å². The van der Waals surface area contributed by atoms with Gasteiger partial charge in [0.25, 0.3) is 0 Å². The van der Waals surface area contributed by atoms with Crippen LogP contribution in [-0.2, 0) is 6.42 Å². The fraction of sp³-hybridized carbons (Fsp3) is 0.222. The van der Waals surface area contributed by atoms with Gasteiger partial charge in [0.1, 0.15) is 0 Å². The van der Waals surface area contributed by atoms with Gasteiger partial charge in [-0.3, -0.25) is 0 Å². The number of para-hydroxylation sites is 1. The Morgan fingerprint density at radius 2 is 1.95 bits per heavy atom. The van der Waals surface area contributed by atoms with Gasteiger partial charge in [-0.25, -0.2) is 0 Å². The highest BCUT2D eigenvalue weighted by atomic mass is 79.9. The molecule has 0 spiro atoms. The molecule has 1 atom stereocenters. The molecule has 1 aliphatic carbocycles. The van der Waals surface area contributed by atoms with Crippen LogP contribution >= 0.6 is 15.9 Å². The fourth-order valence-corrected chi connectivity index (χ4v) is 3.68. The third kappa shape index (κ3) is 2.36. The second kappa shape index (κ2) is 5.23. The maximum atomic E-state index is 3.67. The molecule has 1 heterocycles. The molecule has 106 valence electrons. The second-order valence-electron chi connectivity index (χ2n) is 5.66. The SMILES string of the molecule is Brc1ccc2[nH]c3c(c2c1)CCC[C@H]3Nc1ccccc1. The van der Waals surface area contributed by atoms with Crippen molar-refractivity contribution in [3.8, 4) is 0 Å². The molecular weight excluding hydrogens is 324 g/mol. The average Bonchev–Trinajstić information content (AvgIpc) is 2.88. The zero-order valence-corrected chi connectivity index (χ0v) is 13.3. The lowest BCUT2D eigenvalue weighted by molar-refractivity contribution is 0.593. The number of aromatic nitrogens is 1. The van der Waals surface area contributed by atoms with Gasteiger partial charge >= 0.3 is 0 Å². The van der Waals surface area contributed by atoms with Crippen LogP contribution in [0.3, 0.4) is 0 Å². The lowest BCUT2D eigenvalue weighted by Crippen LogP contribution is -2.17. The highest BCUT2D eigenvalue weighted by Crippen LogP contribution is 2.37. The topological polar surface area (TPSA) is 27.8 Å². The zero-order valence-electron chi connectivity index (χ0n) is 11.7. The number of rotatable bonds is 2. The molecule has 0 fully saturated rings. The third-order valence-electron chi connectivity index (χ3n) is 4.28. The van der Waals surface area contributed by atoms with Crippen molar-refractivity contribution in [2.45, 2.75) is 25.3 Å². The first kappa shape index (κ1) is 13.0. The summed E-state index contributed by atoms with van der Waals surface area (Å²) in [6, 6.07) is 17.3.